The zero-order valence-corrected chi connectivity index (χ0v) is 18.1. The van der Waals surface area contributed by atoms with Crippen molar-refractivity contribution in [1.82, 2.24) is 19.7 Å². The van der Waals surface area contributed by atoms with Gasteiger partial charge in [-0.2, -0.15) is 0 Å². The van der Waals surface area contributed by atoms with Crippen LogP contribution in [0.15, 0.2) is 78.2 Å². The van der Waals surface area contributed by atoms with Crippen LogP contribution in [0, 0.1) is 5.82 Å². The van der Waals surface area contributed by atoms with Gasteiger partial charge in [-0.1, -0.05) is 23.9 Å². The van der Waals surface area contributed by atoms with E-state index in [2.05, 4.69) is 20.5 Å². The maximum atomic E-state index is 13.1. The van der Waals surface area contributed by atoms with Gasteiger partial charge in [0, 0.05) is 23.6 Å². The Labute approximate surface area is 188 Å². The highest BCUT2D eigenvalue weighted by atomic mass is 32.2. The summed E-state index contributed by atoms with van der Waals surface area (Å²) in [6.07, 6.45) is 3.37. The van der Waals surface area contributed by atoms with Crippen LogP contribution in [0.1, 0.15) is 6.92 Å². The number of amides is 1. The van der Waals surface area contributed by atoms with Gasteiger partial charge in [-0.3, -0.25) is 14.3 Å². The fourth-order valence-electron chi connectivity index (χ4n) is 3.05. The number of para-hydroxylation sites is 2. The smallest absolute Gasteiger partial charge is 0.234 e. The second kappa shape index (κ2) is 10.1. The lowest BCUT2D eigenvalue weighted by Gasteiger charge is -2.14. The van der Waals surface area contributed by atoms with Gasteiger partial charge in [0.2, 0.25) is 5.91 Å². The number of halogens is 1. The Morgan fingerprint density at radius 2 is 1.81 bits per heavy atom. The van der Waals surface area contributed by atoms with Gasteiger partial charge in [-0.05, 0) is 55.5 Å². The Bertz CT molecular complexity index is 1200. The van der Waals surface area contributed by atoms with Crippen LogP contribution in [0.25, 0.3) is 17.1 Å². The molecule has 2 aromatic heterocycles. The number of aromatic nitrogens is 4. The molecule has 2 aromatic carbocycles. The summed E-state index contributed by atoms with van der Waals surface area (Å²) in [6.45, 7) is 2.43. The van der Waals surface area contributed by atoms with Crippen LogP contribution in [0.5, 0.6) is 5.75 Å². The van der Waals surface area contributed by atoms with E-state index in [9.17, 15) is 9.18 Å². The van der Waals surface area contributed by atoms with Gasteiger partial charge in [-0.15, -0.1) is 10.2 Å². The molecule has 0 saturated heterocycles. The lowest BCUT2D eigenvalue weighted by atomic mass is 10.2. The maximum Gasteiger partial charge on any atom is 0.234 e. The molecule has 0 aliphatic heterocycles. The maximum absolute atomic E-state index is 13.1. The molecule has 4 aromatic rings. The van der Waals surface area contributed by atoms with Gasteiger partial charge in [0.1, 0.15) is 11.6 Å². The van der Waals surface area contributed by atoms with Crippen molar-refractivity contribution in [3.05, 3.63) is 78.9 Å². The van der Waals surface area contributed by atoms with E-state index in [0.29, 0.717) is 29.0 Å². The first kappa shape index (κ1) is 21.5. The second-order valence-corrected chi connectivity index (χ2v) is 7.56. The van der Waals surface area contributed by atoms with Crippen molar-refractivity contribution < 1.29 is 13.9 Å². The van der Waals surface area contributed by atoms with E-state index < -0.39 is 0 Å². The highest BCUT2D eigenvalue weighted by Crippen LogP contribution is 2.32. The van der Waals surface area contributed by atoms with Crippen molar-refractivity contribution in [3.8, 4) is 22.8 Å². The summed E-state index contributed by atoms with van der Waals surface area (Å²) in [7, 11) is 0. The molecular formula is C23H20FN5O2S. The van der Waals surface area contributed by atoms with Crippen molar-refractivity contribution in [2.75, 3.05) is 17.7 Å². The van der Waals surface area contributed by atoms with Crippen molar-refractivity contribution in [1.29, 1.82) is 0 Å². The van der Waals surface area contributed by atoms with E-state index in [1.54, 1.807) is 12.4 Å². The summed E-state index contributed by atoms with van der Waals surface area (Å²) in [5.41, 5.74) is 2.13. The largest absolute Gasteiger partial charge is 0.492 e. The number of hydrogen-bond donors (Lipinski definition) is 1. The number of pyridine rings is 1. The molecule has 7 nitrogen and oxygen atoms in total. The van der Waals surface area contributed by atoms with Crippen LogP contribution in [0.4, 0.5) is 10.1 Å². The molecule has 0 aliphatic carbocycles. The van der Waals surface area contributed by atoms with Crippen molar-refractivity contribution in [3.63, 3.8) is 0 Å². The number of ether oxygens (including phenoxy) is 1. The topological polar surface area (TPSA) is 81.9 Å². The molecule has 32 heavy (non-hydrogen) atoms. The quantitative estimate of drug-likeness (QED) is 0.396. The first-order chi connectivity index (χ1) is 15.7. The molecule has 0 spiro atoms. The molecule has 1 N–H and O–H groups in total. The Kier molecular flexibility index (Phi) is 6.76. The summed E-state index contributed by atoms with van der Waals surface area (Å²) in [6, 6.07) is 16.9. The number of benzene rings is 2. The average Bonchev–Trinajstić information content (AvgIpc) is 3.24. The Hall–Kier alpha value is -3.72. The molecule has 2 heterocycles. The second-order valence-electron chi connectivity index (χ2n) is 6.62. The third-order valence-corrected chi connectivity index (χ3v) is 5.37. The normalized spacial score (nSPS) is 10.7. The predicted molar refractivity (Wildman–Crippen MR) is 122 cm³/mol. The van der Waals surface area contributed by atoms with E-state index in [0.717, 1.165) is 11.3 Å². The third-order valence-electron chi connectivity index (χ3n) is 4.44. The monoisotopic (exact) mass is 449 g/mol. The first-order valence-corrected chi connectivity index (χ1v) is 10.9. The van der Waals surface area contributed by atoms with Crippen molar-refractivity contribution in [2.45, 2.75) is 12.1 Å². The van der Waals surface area contributed by atoms with E-state index in [-0.39, 0.29) is 17.5 Å². The van der Waals surface area contributed by atoms with Gasteiger partial charge < -0.3 is 10.1 Å². The summed E-state index contributed by atoms with van der Waals surface area (Å²) >= 11 is 1.25. The minimum Gasteiger partial charge on any atom is -0.492 e. The van der Waals surface area contributed by atoms with Crippen LogP contribution >= 0.6 is 11.8 Å². The van der Waals surface area contributed by atoms with E-state index in [1.807, 2.05) is 47.9 Å². The summed E-state index contributed by atoms with van der Waals surface area (Å²) in [5.74, 6) is 0.799. The number of carbonyl (C=O) groups excluding carboxylic acids is 1. The zero-order valence-electron chi connectivity index (χ0n) is 17.2. The summed E-state index contributed by atoms with van der Waals surface area (Å²) in [4.78, 5) is 16.5. The lowest BCUT2D eigenvalue weighted by molar-refractivity contribution is -0.113. The van der Waals surface area contributed by atoms with Gasteiger partial charge >= 0.3 is 0 Å². The number of thioether (sulfide) groups is 1. The SMILES string of the molecule is CCOc1ccccc1-n1c(SCC(=O)Nc2ccc(F)cc2)nnc1-c1ccncc1. The molecule has 4 rings (SSSR count). The summed E-state index contributed by atoms with van der Waals surface area (Å²) in [5, 5.41) is 12.0. The molecule has 0 aliphatic rings. The van der Waals surface area contributed by atoms with Crippen molar-refractivity contribution in [2.24, 2.45) is 0 Å². The van der Waals surface area contributed by atoms with E-state index >= 15 is 0 Å². The molecule has 0 fully saturated rings. The zero-order chi connectivity index (χ0) is 22.3. The molecule has 0 unspecified atom stereocenters. The minimum atomic E-state index is -0.359. The molecule has 162 valence electrons. The molecule has 0 saturated carbocycles. The van der Waals surface area contributed by atoms with Crippen LogP contribution in [-0.2, 0) is 4.79 Å². The van der Waals surface area contributed by atoms with Gasteiger partial charge in [-0.25, -0.2) is 4.39 Å². The Balaban J connectivity index is 1.63. The Morgan fingerprint density at radius 1 is 1.06 bits per heavy atom. The molecule has 1 amide bonds. The van der Waals surface area contributed by atoms with Crippen LogP contribution in [0.3, 0.4) is 0 Å². The molecular weight excluding hydrogens is 429 g/mol. The fraction of sp³-hybridized carbons (Fsp3) is 0.130. The van der Waals surface area contributed by atoms with Gasteiger partial charge in [0.15, 0.2) is 11.0 Å². The number of carbonyl (C=O) groups is 1. The van der Waals surface area contributed by atoms with E-state index in [4.69, 9.17) is 4.74 Å². The van der Waals surface area contributed by atoms with Crippen molar-refractivity contribution >= 4 is 23.4 Å². The average molecular weight is 450 g/mol. The fourth-order valence-corrected chi connectivity index (χ4v) is 3.79. The van der Waals surface area contributed by atoms with E-state index in [1.165, 1.54) is 36.0 Å². The molecule has 0 atom stereocenters. The number of anilines is 1. The van der Waals surface area contributed by atoms with Crippen LogP contribution < -0.4 is 10.1 Å². The van der Waals surface area contributed by atoms with Gasteiger partial charge in [0.25, 0.3) is 0 Å². The lowest BCUT2D eigenvalue weighted by Crippen LogP contribution is -2.14. The van der Waals surface area contributed by atoms with Crippen LogP contribution in [-0.4, -0.2) is 38.0 Å². The first-order valence-electron chi connectivity index (χ1n) is 9.92. The minimum absolute atomic E-state index is 0.0999. The number of rotatable bonds is 8. The highest BCUT2D eigenvalue weighted by Gasteiger charge is 2.20. The standard InChI is InChI=1S/C23H20FN5O2S/c1-2-31-20-6-4-3-5-19(20)29-22(16-11-13-25-14-12-16)27-28-23(29)32-15-21(30)26-18-9-7-17(24)8-10-18/h3-14H,2,15H2,1H3,(H,26,30). The van der Waals surface area contributed by atoms with Crippen LogP contribution in [0.2, 0.25) is 0 Å². The molecule has 0 bridgehead atoms. The number of hydrogen-bond acceptors (Lipinski definition) is 6. The summed E-state index contributed by atoms with van der Waals surface area (Å²) < 4.78 is 20.8. The predicted octanol–water partition coefficient (Wildman–Crippen LogP) is 4.60. The Morgan fingerprint density at radius 3 is 2.56 bits per heavy atom. The van der Waals surface area contributed by atoms with Gasteiger partial charge in [0.05, 0.1) is 18.0 Å². The molecule has 9 heteroatoms. The highest BCUT2D eigenvalue weighted by molar-refractivity contribution is 7.99. The number of nitrogens with zero attached hydrogens (tertiary/aromatic N) is 4. The molecule has 0 radical (unpaired) electrons. The third kappa shape index (κ3) is 4.94. The number of nitrogens with one attached hydrogen (secondary N) is 1.